The molecule has 9 heteroatoms. The normalized spacial score (nSPS) is 41.6. The van der Waals surface area contributed by atoms with Gasteiger partial charge in [-0.15, -0.1) is 11.6 Å². The van der Waals surface area contributed by atoms with Crippen molar-refractivity contribution < 1.29 is 38.1 Å². The molecule has 0 heterocycles. The van der Waals surface area contributed by atoms with Crippen molar-refractivity contribution in [1.29, 1.82) is 0 Å². The molecule has 7 nitrogen and oxygen atoms in total. The third kappa shape index (κ3) is 4.00. The Labute approximate surface area is 228 Å². The molecule has 0 aromatic heterocycles. The van der Waals surface area contributed by atoms with Crippen LogP contribution in [0.5, 0.6) is 0 Å². The van der Waals surface area contributed by atoms with E-state index in [4.69, 9.17) is 21.1 Å². The summed E-state index contributed by atoms with van der Waals surface area (Å²) in [6.07, 6.45) is 3.30. The van der Waals surface area contributed by atoms with Crippen LogP contribution in [0, 0.1) is 28.6 Å². The van der Waals surface area contributed by atoms with E-state index in [0.717, 1.165) is 0 Å². The Hall–Kier alpha value is -2.06. The first-order valence-electron chi connectivity index (χ1n) is 13.5. The van der Waals surface area contributed by atoms with Gasteiger partial charge >= 0.3 is 11.9 Å². The Morgan fingerprint density at radius 3 is 2.47 bits per heavy atom. The van der Waals surface area contributed by atoms with Gasteiger partial charge in [-0.05, 0) is 64.5 Å². The molecule has 0 aromatic carbocycles. The number of carbonyl (C=O) groups is 4. The number of ketones is 2. The molecule has 3 fully saturated rings. The summed E-state index contributed by atoms with van der Waals surface area (Å²) in [7, 11) is 0. The van der Waals surface area contributed by atoms with Gasteiger partial charge in [0.15, 0.2) is 22.8 Å². The molecule has 210 valence electrons. The van der Waals surface area contributed by atoms with E-state index in [9.17, 15) is 24.3 Å². The predicted octanol–water partition coefficient (Wildman–Crippen LogP) is 4.42. The molecule has 0 amide bonds. The molecule has 3 saturated carbocycles. The van der Waals surface area contributed by atoms with Gasteiger partial charge in [-0.25, -0.2) is 4.39 Å². The monoisotopic (exact) mass is 552 g/mol. The van der Waals surface area contributed by atoms with Crippen molar-refractivity contribution in [3.63, 3.8) is 0 Å². The van der Waals surface area contributed by atoms with Crippen molar-refractivity contribution in [2.45, 2.75) is 96.6 Å². The molecule has 0 spiro atoms. The summed E-state index contributed by atoms with van der Waals surface area (Å²) in [5.41, 5.74) is -5.32. The maximum absolute atomic E-state index is 17.4. The van der Waals surface area contributed by atoms with Crippen LogP contribution in [0.15, 0.2) is 23.8 Å². The molecule has 1 N–H and O–H groups in total. The topological polar surface area (TPSA) is 107 Å². The van der Waals surface area contributed by atoms with E-state index >= 15 is 4.39 Å². The van der Waals surface area contributed by atoms with E-state index in [-0.39, 0.29) is 37.1 Å². The van der Waals surface area contributed by atoms with Gasteiger partial charge < -0.3 is 14.6 Å². The highest BCUT2D eigenvalue weighted by Crippen LogP contribution is 2.71. The fourth-order valence-corrected chi connectivity index (χ4v) is 8.45. The van der Waals surface area contributed by atoms with Gasteiger partial charge in [-0.2, -0.15) is 0 Å². The number of fused-ring (bicyclic) bond motifs is 5. The molecule has 38 heavy (non-hydrogen) atoms. The van der Waals surface area contributed by atoms with Gasteiger partial charge in [-0.3, -0.25) is 19.2 Å². The van der Waals surface area contributed by atoms with Crippen molar-refractivity contribution in [2.24, 2.45) is 28.6 Å². The SMILES string of the molecule is CC(C)OC(=O)CCC(=O)O[C@]1(C(=O)CCl)[C@@H](C)C[C@H]2[C@@H]3CCC4=CC(=O)C=C[C@]4(C)[C@@]3(F)[C@@H](O)C[C@@]21C. The smallest absolute Gasteiger partial charge is 0.307 e. The number of rotatable bonds is 7. The fourth-order valence-electron chi connectivity index (χ4n) is 8.25. The first kappa shape index (κ1) is 28.9. The lowest BCUT2D eigenvalue weighted by Gasteiger charge is -2.62. The number of aliphatic hydroxyl groups excluding tert-OH is 1. The minimum absolute atomic E-state index is 0.120. The van der Waals surface area contributed by atoms with Crippen LogP contribution in [0.4, 0.5) is 4.39 Å². The number of allylic oxidation sites excluding steroid dienone is 4. The summed E-state index contributed by atoms with van der Waals surface area (Å²) in [5, 5.41) is 11.5. The van der Waals surface area contributed by atoms with E-state index in [2.05, 4.69) is 0 Å². The Morgan fingerprint density at radius 2 is 1.84 bits per heavy atom. The first-order chi connectivity index (χ1) is 17.7. The van der Waals surface area contributed by atoms with Crippen molar-refractivity contribution in [1.82, 2.24) is 0 Å². The maximum Gasteiger partial charge on any atom is 0.307 e. The molecule has 0 radical (unpaired) electrons. The van der Waals surface area contributed by atoms with E-state index in [1.165, 1.54) is 12.2 Å². The Kier molecular flexibility index (Phi) is 7.50. The van der Waals surface area contributed by atoms with E-state index in [0.29, 0.717) is 24.8 Å². The second kappa shape index (κ2) is 9.84. The standard InChI is InChI=1S/C29H38ClFO7/c1-16(2)37-24(35)8-9-25(36)38-29(23(34)15-30)17(3)12-21-20-7-6-18-13-19(32)10-11-26(18,4)28(20,31)22(33)14-27(21,29)5/h10-11,13,16-17,20-22,33H,6-9,12,14-15H2,1-5H3/t17-,20-,21-,22-,26-,27-,28-,29-/m0/s1. The average Bonchev–Trinajstić information content (AvgIpc) is 3.05. The van der Waals surface area contributed by atoms with Gasteiger partial charge in [0.2, 0.25) is 0 Å². The maximum atomic E-state index is 17.4. The van der Waals surface area contributed by atoms with Crippen LogP contribution in [-0.4, -0.2) is 58.0 Å². The lowest BCUT2D eigenvalue weighted by atomic mass is 9.44. The Bertz CT molecular complexity index is 1100. The second-order valence-electron chi connectivity index (χ2n) is 12.2. The second-order valence-corrected chi connectivity index (χ2v) is 12.5. The van der Waals surface area contributed by atoms with Crippen LogP contribution >= 0.6 is 11.6 Å². The number of halogens is 2. The van der Waals surface area contributed by atoms with Crippen LogP contribution < -0.4 is 0 Å². The summed E-state index contributed by atoms with van der Waals surface area (Å²) in [6.45, 7) is 8.73. The molecular formula is C29H38ClFO7. The molecular weight excluding hydrogens is 515 g/mol. The molecule has 0 aliphatic heterocycles. The third-order valence-corrected chi connectivity index (χ3v) is 10.1. The lowest BCUT2D eigenvalue weighted by Crippen LogP contribution is -2.70. The van der Waals surface area contributed by atoms with Crippen molar-refractivity contribution in [3.05, 3.63) is 23.8 Å². The zero-order valence-corrected chi connectivity index (χ0v) is 23.5. The molecule has 4 aliphatic rings. The summed E-state index contributed by atoms with van der Waals surface area (Å²) < 4.78 is 28.5. The third-order valence-electron chi connectivity index (χ3n) is 9.89. The van der Waals surface area contributed by atoms with E-state index < -0.39 is 63.6 Å². The predicted molar refractivity (Wildman–Crippen MR) is 138 cm³/mol. The van der Waals surface area contributed by atoms with Crippen LogP contribution in [0.3, 0.4) is 0 Å². The Morgan fingerprint density at radius 1 is 1.18 bits per heavy atom. The van der Waals surface area contributed by atoms with Gasteiger partial charge in [0, 0.05) is 22.7 Å². The van der Waals surface area contributed by atoms with Crippen LogP contribution in [0.25, 0.3) is 0 Å². The number of hydrogen-bond acceptors (Lipinski definition) is 7. The van der Waals surface area contributed by atoms with Crippen LogP contribution in [0.1, 0.15) is 73.1 Å². The summed E-state index contributed by atoms with van der Waals surface area (Å²) in [4.78, 5) is 50.7. The minimum atomic E-state index is -2.07. The molecule has 0 aromatic rings. The molecule has 4 aliphatic carbocycles. The van der Waals surface area contributed by atoms with Gasteiger partial charge in [0.1, 0.15) is 0 Å². The zero-order valence-electron chi connectivity index (χ0n) is 22.7. The highest BCUT2D eigenvalue weighted by atomic mass is 35.5. The fraction of sp³-hybridized carbons (Fsp3) is 0.724. The van der Waals surface area contributed by atoms with Crippen LogP contribution in [0.2, 0.25) is 0 Å². The quantitative estimate of drug-likeness (QED) is 0.368. The van der Waals surface area contributed by atoms with Crippen LogP contribution in [-0.2, 0) is 28.7 Å². The van der Waals surface area contributed by atoms with Crippen molar-refractivity contribution in [3.8, 4) is 0 Å². The van der Waals surface area contributed by atoms with E-state index in [1.54, 1.807) is 40.7 Å². The number of esters is 2. The number of ether oxygens (including phenoxy) is 2. The zero-order chi connectivity index (χ0) is 28.3. The van der Waals surface area contributed by atoms with E-state index in [1.807, 2.05) is 0 Å². The number of carbonyl (C=O) groups excluding carboxylic acids is 4. The summed E-state index contributed by atoms with van der Waals surface area (Å²) in [6, 6.07) is 0. The summed E-state index contributed by atoms with van der Waals surface area (Å²) >= 11 is 6.08. The lowest BCUT2D eigenvalue weighted by molar-refractivity contribution is -0.227. The number of aliphatic hydroxyl groups is 1. The van der Waals surface area contributed by atoms with Crippen molar-refractivity contribution >= 4 is 35.1 Å². The van der Waals surface area contributed by atoms with Gasteiger partial charge in [-0.1, -0.05) is 25.5 Å². The molecule has 0 unspecified atom stereocenters. The minimum Gasteiger partial charge on any atom is -0.463 e. The number of hydrogen-bond donors (Lipinski definition) is 1. The summed E-state index contributed by atoms with van der Waals surface area (Å²) in [5.74, 6) is -3.89. The first-order valence-corrected chi connectivity index (χ1v) is 14.0. The Balaban J connectivity index is 1.70. The highest BCUT2D eigenvalue weighted by Gasteiger charge is 2.77. The highest BCUT2D eigenvalue weighted by molar-refractivity contribution is 6.29. The van der Waals surface area contributed by atoms with Crippen molar-refractivity contribution in [2.75, 3.05) is 5.88 Å². The largest absolute Gasteiger partial charge is 0.463 e. The number of Topliss-reactive ketones (excluding diaryl/α,β-unsaturated/α-hetero) is 1. The molecule has 0 saturated heterocycles. The molecule has 8 atom stereocenters. The average molecular weight is 553 g/mol. The molecule has 0 bridgehead atoms. The van der Waals surface area contributed by atoms with Gasteiger partial charge in [0.05, 0.1) is 30.9 Å². The number of alkyl halides is 2. The molecule has 4 rings (SSSR count). The van der Waals surface area contributed by atoms with Gasteiger partial charge in [0.25, 0.3) is 0 Å².